The van der Waals surface area contributed by atoms with Gasteiger partial charge >= 0.3 is 0 Å². The maximum Gasteiger partial charge on any atom is 0.244 e. The van der Waals surface area contributed by atoms with Crippen LogP contribution in [-0.2, 0) is 26.0 Å². The highest BCUT2D eigenvalue weighted by molar-refractivity contribution is 7.90. The topological polar surface area (TPSA) is 133 Å². The molecule has 0 aliphatic carbocycles. The van der Waals surface area contributed by atoms with Crippen molar-refractivity contribution in [3.8, 4) is 11.3 Å². The van der Waals surface area contributed by atoms with Crippen molar-refractivity contribution in [2.24, 2.45) is 0 Å². The van der Waals surface area contributed by atoms with Crippen LogP contribution >= 0.6 is 0 Å². The number of benzene rings is 3. The second-order valence-corrected chi connectivity index (χ2v) is 14.0. The van der Waals surface area contributed by atoms with Crippen LogP contribution in [0.25, 0.3) is 22.2 Å². The minimum absolute atomic E-state index is 0.0562. The molecule has 0 spiro atoms. The zero-order valence-corrected chi connectivity index (χ0v) is 27.9. The van der Waals surface area contributed by atoms with Crippen molar-refractivity contribution in [3.05, 3.63) is 96.1 Å². The monoisotopic (exact) mass is 671 g/mol. The average molecular weight is 672 g/mol. The molecule has 1 fully saturated rings. The quantitative estimate of drug-likeness (QED) is 0.178. The fourth-order valence-corrected chi connectivity index (χ4v) is 6.56. The van der Waals surface area contributed by atoms with Gasteiger partial charge in [-0.15, -0.1) is 0 Å². The predicted octanol–water partition coefficient (Wildman–Crippen LogP) is 4.99. The molecule has 0 radical (unpaired) electrons. The molecule has 0 saturated carbocycles. The van der Waals surface area contributed by atoms with Crippen molar-refractivity contribution in [2.45, 2.75) is 24.5 Å². The van der Waals surface area contributed by atoms with Crippen LogP contribution in [0.5, 0.6) is 0 Å². The van der Waals surface area contributed by atoms with Gasteiger partial charge in [-0.3, -0.25) is 9.69 Å². The molecule has 2 aromatic heterocycles. The maximum atomic E-state index is 15.1. The average Bonchev–Trinajstić information content (AvgIpc) is 3.50. The normalized spacial score (nSPS) is 15.0. The molecule has 1 aliphatic heterocycles. The van der Waals surface area contributed by atoms with Crippen molar-refractivity contribution in [3.63, 3.8) is 0 Å². The van der Waals surface area contributed by atoms with Gasteiger partial charge in [0, 0.05) is 55.8 Å². The van der Waals surface area contributed by atoms with Crippen LogP contribution in [0.15, 0.2) is 84.0 Å². The first-order valence-electron chi connectivity index (χ1n) is 15.6. The standard InChI is InChI=1S/C35H38FN7O4S/c1-23-19-38-35(40-27-12-8-14-30(31(27)36)48(3,45)46)41-32(23)26-20-37-33-25(26)11-7-13-28(33)39-34(44)29(43-17-15-42(2)16-18-43)22-47-21-24-9-5-4-6-10-24/h4-14,19-20,29,37H,15-18,21-22H2,1-3H3,(H,39,44)(H,38,40,41)/t29-/m0/s1. The number of anilines is 3. The Hall–Kier alpha value is -4.69. The second kappa shape index (κ2) is 14.2. The molecule has 48 heavy (non-hydrogen) atoms. The summed E-state index contributed by atoms with van der Waals surface area (Å²) < 4.78 is 45.2. The fourth-order valence-electron chi connectivity index (χ4n) is 5.80. The van der Waals surface area contributed by atoms with Crippen LogP contribution in [-0.4, -0.2) is 91.2 Å². The molecule has 5 aromatic rings. The fraction of sp³-hybridized carbons (Fsp3) is 0.286. The Kier molecular flexibility index (Phi) is 9.83. The molecule has 13 heteroatoms. The summed E-state index contributed by atoms with van der Waals surface area (Å²) in [7, 11) is -1.69. The van der Waals surface area contributed by atoms with Crippen LogP contribution in [0, 0.1) is 12.7 Å². The van der Waals surface area contributed by atoms with Crippen LogP contribution < -0.4 is 10.6 Å². The second-order valence-electron chi connectivity index (χ2n) is 12.0. The summed E-state index contributed by atoms with van der Waals surface area (Å²) in [4.78, 5) is 30.2. The molecule has 6 rings (SSSR count). The summed E-state index contributed by atoms with van der Waals surface area (Å²) in [6.07, 6.45) is 4.38. The maximum absolute atomic E-state index is 15.1. The first-order valence-corrected chi connectivity index (χ1v) is 17.5. The third-order valence-electron chi connectivity index (χ3n) is 8.48. The number of carbonyl (C=O) groups is 1. The number of aromatic amines is 1. The molecule has 1 aliphatic rings. The van der Waals surface area contributed by atoms with Crippen LogP contribution in [0.2, 0.25) is 0 Å². The van der Waals surface area contributed by atoms with E-state index in [1.807, 2.05) is 61.7 Å². The summed E-state index contributed by atoms with van der Waals surface area (Å²) in [5.41, 5.74) is 4.46. The number of hydrogen-bond donors (Lipinski definition) is 3. The van der Waals surface area contributed by atoms with Gasteiger partial charge in [0.05, 0.1) is 35.8 Å². The van der Waals surface area contributed by atoms with Gasteiger partial charge in [-0.25, -0.2) is 22.8 Å². The summed E-state index contributed by atoms with van der Waals surface area (Å²) in [6, 6.07) is 19.2. The van der Waals surface area contributed by atoms with Gasteiger partial charge in [0.2, 0.25) is 11.9 Å². The number of aryl methyl sites for hydroxylation is 1. The number of nitrogens with one attached hydrogen (secondary N) is 3. The number of likely N-dealkylation sites (N-methyl/N-ethyl adjacent to an activating group) is 1. The third kappa shape index (κ3) is 7.39. The first kappa shape index (κ1) is 33.2. The van der Waals surface area contributed by atoms with Gasteiger partial charge in [-0.2, -0.15) is 0 Å². The number of carbonyl (C=O) groups excluding carboxylic acids is 1. The molecule has 250 valence electrons. The molecule has 0 unspecified atom stereocenters. The number of rotatable bonds is 11. The lowest BCUT2D eigenvalue weighted by Crippen LogP contribution is -2.54. The third-order valence-corrected chi connectivity index (χ3v) is 9.59. The van der Waals surface area contributed by atoms with Crippen molar-refractivity contribution >= 4 is 44.0 Å². The molecule has 1 saturated heterocycles. The molecular formula is C35H38FN7O4S. The SMILES string of the molecule is Cc1cnc(Nc2cccc(S(C)(=O)=O)c2F)nc1-c1c[nH]c2c(NC(=O)[C@H](COCc3ccccc3)N3CCN(C)CC3)cccc12. The number of nitrogens with zero attached hydrogens (tertiary/aromatic N) is 4. The van der Waals surface area contributed by atoms with E-state index < -0.39 is 26.6 Å². The number of amides is 1. The van der Waals surface area contributed by atoms with Crippen LogP contribution in [0.3, 0.4) is 0 Å². The lowest BCUT2D eigenvalue weighted by Gasteiger charge is -2.37. The van der Waals surface area contributed by atoms with Gasteiger partial charge in [-0.05, 0) is 43.3 Å². The number of halogens is 1. The molecule has 3 aromatic carbocycles. The van der Waals surface area contributed by atoms with E-state index in [2.05, 4.69) is 42.4 Å². The summed E-state index contributed by atoms with van der Waals surface area (Å²) in [6.45, 7) is 5.77. The molecule has 3 N–H and O–H groups in total. The van der Waals surface area contributed by atoms with E-state index >= 15 is 4.39 Å². The molecule has 3 heterocycles. The van der Waals surface area contributed by atoms with E-state index in [9.17, 15) is 13.2 Å². The van der Waals surface area contributed by atoms with Crippen molar-refractivity contribution < 1.29 is 22.3 Å². The van der Waals surface area contributed by atoms with E-state index in [-0.39, 0.29) is 24.1 Å². The summed E-state index contributed by atoms with van der Waals surface area (Å²) in [5, 5.41) is 6.79. The van der Waals surface area contributed by atoms with E-state index in [0.717, 1.165) is 60.0 Å². The molecule has 1 atom stereocenters. The molecule has 0 bridgehead atoms. The number of hydrogen-bond acceptors (Lipinski definition) is 9. The van der Waals surface area contributed by atoms with Crippen molar-refractivity contribution in [2.75, 3.05) is 56.7 Å². The summed E-state index contributed by atoms with van der Waals surface area (Å²) >= 11 is 0. The Morgan fingerprint density at radius 3 is 2.50 bits per heavy atom. The number of piperazine rings is 1. The van der Waals surface area contributed by atoms with Crippen LogP contribution in [0.4, 0.5) is 21.7 Å². The Balaban J connectivity index is 1.24. The van der Waals surface area contributed by atoms with Crippen LogP contribution in [0.1, 0.15) is 11.1 Å². The number of para-hydroxylation sites is 1. The number of ether oxygens (including phenoxy) is 1. The van der Waals surface area contributed by atoms with Gasteiger partial charge < -0.3 is 25.3 Å². The highest BCUT2D eigenvalue weighted by atomic mass is 32.2. The zero-order chi connectivity index (χ0) is 33.8. The first-order chi connectivity index (χ1) is 23.1. The number of aromatic nitrogens is 3. The molecular weight excluding hydrogens is 633 g/mol. The molecule has 11 nitrogen and oxygen atoms in total. The minimum atomic E-state index is -3.77. The minimum Gasteiger partial charge on any atom is -0.375 e. The van der Waals surface area contributed by atoms with E-state index in [0.29, 0.717) is 18.0 Å². The zero-order valence-electron chi connectivity index (χ0n) is 27.0. The number of fused-ring (bicyclic) bond motifs is 1. The number of sulfone groups is 1. The van der Waals surface area contributed by atoms with Crippen molar-refractivity contribution in [1.82, 2.24) is 24.8 Å². The predicted molar refractivity (Wildman–Crippen MR) is 184 cm³/mol. The highest BCUT2D eigenvalue weighted by Gasteiger charge is 2.29. The van der Waals surface area contributed by atoms with E-state index in [1.54, 1.807) is 6.20 Å². The molecule has 1 amide bonds. The largest absolute Gasteiger partial charge is 0.375 e. The van der Waals surface area contributed by atoms with Crippen molar-refractivity contribution in [1.29, 1.82) is 0 Å². The number of H-pyrrole nitrogens is 1. The Labute approximate surface area is 279 Å². The van der Waals surface area contributed by atoms with E-state index in [1.165, 1.54) is 18.2 Å². The lowest BCUT2D eigenvalue weighted by atomic mass is 10.1. The van der Waals surface area contributed by atoms with Gasteiger partial charge in [0.15, 0.2) is 15.7 Å². The Morgan fingerprint density at radius 1 is 1.02 bits per heavy atom. The van der Waals surface area contributed by atoms with Gasteiger partial charge in [0.1, 0.15) is 10.9 Å². The lowest BCUT2D eigenvalue weighted by molar-refractivity contribution is -0.124. The highest BCUT2D eigenvalue weighted by Crippen LogP contribution is 2.34. The summed E-state index contributed by atoms with van der Waals surface area (Å²) in [5.74, 6) is -0.956. The van der Waals surface area contributed by atoms with E-state index in [4.69, 9.17) is 4.74 Å². The Bertz CT molecular complexity index is 2030. The van der Waals surface area contributed by atoms with Gasteiger partial charge in [-0.1, -0.05) is 48.5 Å². The van der Waals surface area contributed by atoms with Gasteiger partial charge in [0.25, 0.3) is 0 Å². The smallest absolute Gasteiger partial charge is 0.244 e. The Morgan fingerprint density at radius 2 is 1.75 bits per heavy atom.